The first-order valence-electron chi connectivity index (χ1n) is 8.38. The largest absolute Gasteiger partial charge is 0.444 e. The fourth-order valence-electron chi connectivity index (χ4n) is 2.72. The van der Waals surface area contributed by atoms with E-state index in [2.05, 4.69) is 17.9 Å². The van der Waals surface area contributed by atoms with E-state index in [9.17, 15) is 10.1 Å². The van der Waals surface area contributed by atoms with Gasteiger partial charge in [-0.25, -0.2) is 9.68 Å². The molecule has 1 amide bonds. The van der Waals surface area contributed by atoms with Gasteiger partial charge in [0.15, 0.2) is 0 Å². The molecule has 7 heteroatoms. The molecular weight excluding hydrogens is 340 g/mol. The van der Waals surface area contributed by atoms with Gasteiger partial charge in [-0.1, -0.05) is 0 Å². The third-order valence-corrected chi connectivity index (χ3v) is 5.04. The number of carbonyl (C=O) groups is 1. The lowest BCUT2D eigenvalue weighted by Crippen LogP contribution is -2.43. The first-order chi connectivity index (χ1) is 11.6. The van der Waals surface area contributed by atoms with Crippen LogP contribution in [0.15, 0.2) is 0 Å². The van der Waals surface area contributed by atoms with E-state index in [0.29, 0.717) is 6.61 Å². The second kappa shape index (κ2) is 9.18. The Morgan fingerprint density at radius 2 is 2.04 bits per heavy atom. The van der Waals surface area contributed by atoms with Gasteiger partial charge in [0.05, 0.1) is 6.61 Å². The van der Waals surface area contributed by atoms with Crippen LogP contribution < -0.4 is 0 Å². The molecule has 0 saturated carbocycles. The number of nitrogens with zero attached hydrogens (tertiary/aromatic N) is 2. The lowest BCUT2D eigenvalue weighted by Gasteiger charge is -2.33. The molecule has 1 aromatic heterocycles. The van der Waals surface area contributed by atoms with Gasteiger partial charge in [-0.2, -0.15) is 5.26 Å². The van der Waals surface area contributed by atoms with Crippen molar-refractivity contribution in [1.82, 2.24) is 4.90 Å². The van der Waals surface area contributed by atoms with Crippen LogP contribution in [0.5, 0.6) is 0 Å². The SMILES string of the molecule is CCOO.Cc1sc(C#N)c2c1CCC(N(C)C(=O)OC(C)(C)C)C2. The summed E-state index contributed by atoms with van der Waals surface area (Å²) in [6.45, 7) is 9.76. The number of rotatable bonds is 2. The standard InChI is InChI=1S/C16H22N2O2S.C2H6O2/c1-10-12-7-6-11(8-13(12)14(9-17)21-10)18(5)15(19)20-16(2,3)4;1-2-4-3/h11H,6-8H2,1-5H3;3H,2H2,1H3. The topological polar surface area (TPSA) is 82.8 Å². The summed E-state index contributed by atoms with van der Waals surface area (Å²) in [4.78, 5) is 19.4. The number of hydrogen-bond acceptors (Lipinski definition) is 6. The molecule has 140 valence electrons. The van der Waals surface area contributed by atoms with E-state index in [1.807, 2.05) is 20.8 Å². The quantitative estimate of drug-likeness (QED) is 0.626. The summed E-state index contributed by atoms with van der Waals surface area (Å²) in [5.74, 6) is 0. The summed E-state index contributed by atoms with van der Waals surface area (Å²) in [5, 5.41) is 16.6. The Bertz CT molecular complexity index is 626. The van der Waals surface area contributed by atoms with E-state index < -0.39 is 5.60 Å². The fourth-order valence-corrected chi connectivity index (χ4v) is 3.75. The molecule has 0 spiro atoms. The molecule has 0 aliphatic heterocycles. The Morgan fingerprint density at radius 3 is 2.52 bits per heavy atom. The van der Waals surface area contributed by atoms with Crippen LogP contribution in [0.1, 0.15) is 55.0 Å². The zero-order chi connectivity index (χ0) is 19.2. The summed E-state index contributed by atoms with van der Waals surface area (Å²) in [7, 11) is 1.79. The van der Waals surface area contributed by atoms with Gasteiger partial charge in [0.25, 0.3) is 0 Å². The Balaban J connectivity index is 0.000000705. The van der Waals surface area contributed by atoms with Gasteiger partial charge >= 0.3 is 6.09 Å². The first-order valence-corrected chi connectivity index (χ1v) is 9.19. The molecule has 2 rings (SSSR count). The average Bonchev–Trinajstić information content (AvgIpc) is 2.88. The van der Waals surface area contributed by atoms with Crippen LogP contribution in [0.4, 0.5) is 4.79 Å². The molecule has 1 aliphatic carbocycles. The number of carbonyl (C=O) groups excluding carboxylic acids is 1. The number of aryl methyl sites for hydroxylation is 1. The van der Waals surface area contributed by atoms with E-state index in [-0.39, 0.29) is 12.1 Å². The minimum atomic E-state index is -0.484. The molecule has 25 heavy (non-hydrogen) atoms. The van der Waals surface area contributed by atoms with Crippen molar-refractivity contribution in [2.24, 2.45) is 0 Å². The van der Waals surface area contributed by atoms with Crippen LogP contribution in [0.25, 0.3) is 0 Å². The number of thiophene rings is 1. The first kappa shape index (κ1) is 21.4. The zero-order valence-electron chi connectivity index (χ0n) is 15.9. The minimum absolute atomic E-state index is 0.105. The highest BCUT2D eigenvalue weighted by atomic mass is 32.1. The lowest BCUT2D eigenvalue weighted by molar-refractivity contribution is -0.237. The monoisotopic (exact) mass is 368 g/mol. The van der Waals surface area contributed by atoms with Crippen LogP contribution in [0.2, 0.25) is 0 Å². The molecule has 1 atom stereocenters. The molecule has 1 aliphatic rings. The molecule has 1 N–H and O–H groups in total. The number of hydrogen-bond donors (Lipinski definition) is 1. The van der Waals surface area contributed by atoms with Gasteiger partial charge in [0.2, 0.25) is 0 Å². The van der Waals surface area contributed by atoms with Crippen LogP contribution in [0, 0.1) is 18.3 Å². The highest BCUT2D eigenvalue weighted by molar-refractivity contribution is 7.12. The van der Waals surface area contributed by atoms with Gasteiger partial charge in [-0.3, -0.25) is 5.26 Å². The van der Waals surface area contributed by atoms with Crippen molar-refractivity contribution in [2.45, 2.75) is 65.5 Å². The fraction of sp³-hybridized carbons (Fsp3) is 0.667. The van der Waals surface area contributed by atoms with Crippen molar-refractivity contribution in [1.29, 1.82) is 5.26 Å². The summed E-state index contributed by atoms with van der Waals surface area (Å²) < 4.78 is 5.43. The summed E-state index contributed by atoms with van der Waals surface area (Å²) in [6.07, 6.45) is 2.31. The van der Waals surface area contributed by atoms with E-state index in [1.165, 1.54) is 10.4 Å². The van der Waals surface area contributed by atoms with Gasteiger partial charge in [-0.15, -0.1) is 11.3 Å². The molecule has 6 nitrogen and oxygen atoms in total. The second-order valence-electron chi connectivity index (χ2n) is 6.96. The normalized spacial score (nSPS) is 16.2. The molecule has 1 heterocycles. The van der Waals surface area contributed by atoms with Crippen molar-refractivity contribution < 1.29 is 19.7 Å². The van der Waals surface area contributed by atoms with Gasteiger partial charge in [0, 0.05) is 18.0 Å². The summed E-state index contributed by atoms with van der Waals surface area (Å²) in [6, 6.07) is 2.39. The van der Waals surface area contributed by atoms with Crippen LogP contribution in [-0.2, 0) is 22.5 Å². The number of likely N-dealkylation sites (N-methyl/N-ethyl adjacent to an activating group) is 1. The highest BCUT2D eigenvalue weighted by Crippen LogP contribution is 2.34. The van der Waals surface area contributed by atoms with Crippen molar-refractivity contribution in [3.8, 4) is 6.07 Å². The lowest BCUT2D eigenvalue weighted by atomic mass is 9.88. The maximum Gasteiger partial charge on any atom is 0.410 e. The van der Waals surface area contributed by atoms with E-state index in [1.54, 1.807) is 30.2 Å². The van der Waals surface area contributed by atoms with Gasteiger partial charge in [-0.05, 0) is 65.0 Å². The van der Waals surface area contributed by atoms with E-state index in [4.69, 9.17) is 9.99 Å². The van der Waals surface area contributed by atoms with Crippen molar-refractivity contribution >= 4 is 17.4 Å². The molecule has 0 radical (unpaired) electrons. The molecule has 0 fully saturated rings. The van der Waals surface area contributed by atoms with Crippen LogP contribution >= 0.6 is 11.3 Å². The highest BCUT2D eigenvalue weighted by Gasteiger charge is 2.31. The Kier molecular flexibility index (Phi) is 7.87. The smallest absolute Gasteiger partial charge is 0.410 e. The molecule has 1 unspecified atom stereocenters. The Morgan fingerprint density at radius 1 is 1.44 bits per heavy atom. The van der Waals surface area contributed by atoms with E-state index >= 15 is 0 Å². The van der Waals surface area contributed by atoms with Crippen molar-refractivity contribution in [3.05, 3.63) is 20.9 Å². The Labute approximate surface area is 153 Å². The molecule has 0 bridgehead atoms. The van der Waals surface area contributed by atoms with Crippen molar-refractivity contribution in [3.63, 3.8) is 0 Å². The number of nitriles is 1. The maximum atomic E-state index is 12.2. The molecule has 1 aromatic rings. The summed E-state index contributed by atoms with van der Waals surface area (Å²) >= 11 is 1.57. The predicted molar refractivity (Wildman–Crippen MR) is 97.8 cm³/mol. The molecule has 0 aromatic carbocycles. The molecular formula is C18H28N2O4S. The maximum absolute atomic E-state index is 12.2. The minimum Gasteiger partial charge on any atom is -0.444 e. The number of fused-ring (bicyclic) bond motifs is 1. The number of amides is 1. The summed E-state index contributed by atoms with van der Waals surface area (Å²) in [5.41, 5.74) is 1.96. The van der Waals surface area contributed by atoms with Gasteiger partial charge in [0.1, 0.15) is 16.5 Å². The number of ether oxygens (including phenoxy) is 1. The second-order valence-corrected chi connectivity index (χ2v) is 8.19. The third kappa shape index (κ3) is 5.99. The van der Waals surface area contributed by atoms with E-state index in [0.717, 1.165) is 29.7 Å². The van der Waals surface area contributed by atoms with Crippen LogP contribution in [-0.4, -0.2) is 41.5 Å². The van der Waals surface area contributed by atoms with Crippen molar-refractivity contribution in [2.75, 3.05) is 13.7 Å². The Hall–Kier alpha value is -1.62. The third-order valence-electron chi connectivity index (χ3n) is 3.95. The molecule has 0 saturated heterocycles. The van der Waals surface area contributed by atoms with Crippen LogP contribution in [0.3, 0.4) is 0 Å². The predicted octanol–water partition coefficient (Wildman–Crippen LogP) is 4.15. The van der Waals surface area contributed by atoms with Gasteiger partial charge < -0.3 is 9.64 Å². The zero-order valence-corrected chi connectivity index (χ0v) is 16.7. The average molecular weight is 368 g/mol.